The van der Waals surface area contributed by atoms with E-state index in [9.17, 15) is 18.4 Å². The molecule has 1 aliphatic rings. The molecule has 21 heavy (non-hydrogen) atoms. The summed E-state index contributed by atoms with van der Waals surface area (Å²) in [5.41, 5.74) is 0.174. The molecular weight excluding hydrogens is 282 g/mol. The van der Waals surface area contributed by atoms with E-state index in [2.05, 4.69) is 5.32 Å². The van der Waals surface area contributed by atoms with Crippen molar-refractivity contribution >= 4 is 17.6 Å². The fraction of sp³-hybridized carbons (Fsp3) is 0.429. The molecule has 0 spiro atoms. The van der Waals surface area contributed by atoms with Crippen molar-refractivity contribution in [2.45, 2.75) is 25.3 Å². The highest BCUT2D eigenvalue weighted by Crippen LogP contribution is 2.26. The third-order valence-electron chi connectivity index (χ3n) is 3.23. The Morgan fingerprint density at radius 2 is 2.00 bits per heavy atom. The molecule has 114 valence electrons. The SMILES string of the molecule is O=C(O)CCN(CC(=O)Nc1ccc(F)c(F)c1)C1CC1. The van der Waals surface area contributed by atoms with Gasteiger partial charge in [0.05, 0.1) is 13.0 Å². The maximum absolute atomic E-state index is 13.0. The van der Waals surface area contributed by atoms with E-state index >= 15 is 0 Å². The minimum atomic E-state index is -1.03. The first-order valence-electron chi connectivity index (χ1n) is 6.66. The third kappa shape index (κ3) is 4.78. The Hall–Kier alpha value is -2.02. The molecule has 0 atom stereocenters. The number of anilines is 1. The summed E-state index contributed by atoms with van der Waals surface area (Å²) < 4.78 is 25.8. The molecule has 0 aromatic heterocycles. The first kappa shape index (κ1) is 15.4. The van der Waals surface area contributed by atoms with Crippen molar-refractivity contribution in [2.24, 2.45) is 0 Å². The molecule has 1 aromatic rings. The summed E-state index contributed by atoms with van der Waals surface area (Å²) >= 11 is 0. The van der Waals surface area contributed by atoms with E-state index in [0.717, 1.165) is 25.0 Å². The zero-order valence-electron chi connectivity index (χ0n) is 11.3. The lowest BCUT2D eigenvalue weighted by atomic mass is 10.3. The van der Waals surface area contributed by atoms with Crippen molar-refractivity contribution in [3.05, 3.63) is 29.8 Å². The number of rotatable bonds is 7. The predicted octanol–water partition coefficient (Wildman–Crippen LogP) is 1.84. The molecule has 0 saturated heterocycles. The fourth-order valence-electron chi connectivity index (χ4n) is 2.03. The number of aliphatic carboxylic acids is 1. The van der Waals surface area contributed by atoms with Crippen LogP contribution in [0.4, 0.5) is 14.5 Å². The van der Waals surface area contributed by atoms with Gasteiger partial charge in [-0.15, -0.1) is 0 Å². The van der Waals surface area contributed by atoms with Gasteiger partial charge in [-0.05, 0) is 25.0 Å². The summed E-state index contributed by atoms with van der Waals surface area (Å²) in [7, 11) is 0. The Morgan fingerprint density at radius 3 is 2.57 bits per heavy atom. The van der Waals surface area contributed by atoms with Crippen LogP contribution in [0.2, 0.25) is 0 Å². The van der Waals surface area contributed by atoms with Crippen LogP contribution >= 0.6 is 0 Å². The molecule has 2 rings (SSSR count). The molecule has 1 saturated carbocycles. The van der Waals surface area contributed by atoms with Gasteiger partial charge in [-0.25, -0.2) is 8.78 Å². The van der Waals surface area contributed by atoms with Gasteiger partial charge in [-0.3, -0.25) is 14.5 Å². The standard InChI is InChI=1S/C14H16F2N2O3/c15-11-4-1-9(7-12(11)16)17-13(19)8-18(10-2-3-10)6-5-14(20)21/h1,4,7,10H,2-3,5-6,8H2,(H,17,19)(H,20,21). The molecular formula is C14H16F2N2O3. The van der Waals surface area contributed by atoms with E-state index in [4.69, 9.17) is 5.11 Å². The predicted molar refractivity (Wildman–Crippen MR) is 71.8 cm³/mol. The maximum atomic E-state index is 13.0. The van der Waals surface area contributed by atoms with E-state index < -0.39 is 17.6 Å². The topological polar surface area (TPSA) is 69.6 Å². The molecule has 0 bridgehead atoms. The number of carboxylic acid groups (broad SMARTS) is 1. The summed E-state index contributed by atoms with van der Waals surface area (Å²) in [6.45, 7) is 0.335. The Balaban J connectivity index is 1.89. The minimum Gasteiger partial charge on any atom is -0.481 e. The van der Waals surface area contributed by atoms with Gasteiger partial charge < -0.3 is 10.4 Å². The van der Waals surface area contributed by atoms with E-state index in [1.54, 1.807) is 4.90 Å². The van der Waals surface area contributed by atoms with Crippen molar-refractivity contribution in [1.29, 1.82) is 0 Å². The average Bonchev–Trinajstić information content (AvgIpc) is 3.23. The molecule has 0 unspecified atom stereocenters. The number of hydrogen-bond acceptors (Lipinski definition) is 3. The normalized spacial score (nSPS) is 14.2. The summed E-state index contributed by atoms with van der Waals surface area (Å²) in [5.74, 6) is -3.30. The number of amides is 1. The summed E-state index contributed by atoms with van der Waals surface area (Å²) in [4.78, 5) is 24.3. The number of halogens is 2. The van der Waals surface area contributed by atoms with Crippen LogP contribution in [0.3, 0.4) is 0 Å². The van der Waals surface area contributed by atoms with Gasteiger partial charge in [0, 0.05) is 24.3 Å². The Morgan fingerprint density at radius 1 is 1.29 bits per heavy atom. The molecule has 0 radical (unpaired) electrons. The lowest BCUT2D eigenvalue weighted by Gasteiger charge is -2.20. The van der Waals surface area contributed by atoms with Gasteiger partial charge >= 0.3 is 5.97 Å². The van der Waals surface area contributed by atoms with Gasteiger partial charge in [-0.1, -0.05) is 0 Å². The Kier molecular flexibility index (Phi) is 4.85. The van der Waals surface area contributed by atoms with E-state index in [0.29, 0.717) is 6.54 Å². The lowest BCUT2D eigenvalue weighted by molar-refractivity contribution is -0.137. The van der Waals surface area contributed by atoms with Gasteiger partial charge in [0.15, 0.2) is 11.6 Å². The van der Waals surface area contributed by atoms with Gasteiger partial charge in [-0.2, -0.15) is 0 Å². The molecule has 0 heterocycles. The second kappa shape index (κ2) is 6.62. The highest BCUT2D eigenvalue weighted by molar-refractivity contribution is 5.92. The fourth-order valence-corrected chi connectivity index (χ4v) is 2.03. The number of hydrogen-bond donors (Lipinski definition) is 2. The quantitative estimate of drug-likeness (QED) is 0.806. The van der Waals surface area contributed by atoms with Gasteiger partial charge in [0.25, 0.3) is 0 Å². The maximum Gasteiger partial charge on any atom is 0.304 e. The largest absolute Gasteiger partial charge is 0.481 e. The van der Waals surface area contributed by atoms with Crippen molar-refractivity contribution in [3.63, 3.8) is 0 Å². The first-order chi connectivity index (χ1) is 9.95. The molecule has 1 aromatic carbocycles. The highest BCUT2D eigenvalue weighted by Gasteiger charge is 2.30. The van der Waals surface area contributed by atoms with Crippen molar-refractivity contribution in [1.82, 2.24) is 4.90 Å². The molecule has 1 amide bonds. The van der Waals surface area contributed by atoms with Crippen LogP contribution in [0.25, 0.3) is 0 Å². The van der Waals surface area contributed by atoms with Crippen LogP contribution in [0.15, 0.2) is 18.2 Å². The zero-order valence-corrected chi connectivity index (χ0v) is 11.3. The monoisotopic (exact) mass is 298 g/mol. The number of nitrogens with zero attached hydrogens (tertiary/aromatic N) is 1. The lowest BCUT2D eigenvalue weighted by Crippen LogP contribution is -2.36. The van der Waals surface area contributed by atoms with E-state index in [1.807, 2.05) is 0 Å². The van der Waals surface area contributed by atoms with Crippen LogP contribution in [0, 0.1) is 11.6 Å². The summed E-state index contributed by atoms with van der Waals surface area (Å²) in [5, 5.41) is 11.2. The molecule has 1 aliphatic carbocycles. The number of carbonyl (C=O) groups excluding carboxylic acids is 1. The van der Waals surface area contributed by atoms with Crippen molar-refractivity contribution in [2.75, 3.05) is 18.4 Å². The summed E-state index contributed by atoms with van der Waals surface area (Å²) in [6, 6.07) is 3.36. The van der Waals surface area contributed by atoms with E-state index in [-0.39, 0.29) is 30.6 Å². The first-order valence-corrected chi connectivity index (χ1v) is 6.66. The molecule has 0 aliphatic heterocycles. The number of benzene rings is 1. The summed E-state index contributed by atoms with van der Waals surface area (Å²) in [6.07, 6.45) is 1.85. The molecule has 1 fully saturated rings. The minimum absolute atomic E-state index is 0.0328. The van der Waals surface area contributed by atoms with Crippen molar-refractivity contribution in [3.8, 4) is 0 Å². The Bertz CT molecular complexity index is 547. The van der Waals surface area contributed by atoms with Crippen LogP contribution in [-0.4, -0.2) is 41.0 Å². The number of carbonyl (C=O) groups is 2. The van der Waals surface area contributed by atoms with Crippen LogP contribution in [0.1, 0.15) is 19.3 Å². The molecule has 7 heteroatoms. The van der Waals surface area contributed by atoms with Gasteiger partial charge in [0.1, 0.15) is 0 Å². The Labute approximate surface area is 120 Å². The molecule has 2 N–H and O–H groups in total. The second-order valence-electron chi connectivity index (χ2n) is 5.02. The smallest absolute Gasteiger partial charge is 0.304 e. The number of carboxylic acids is 1. The van der Waals surface area contributed by atoms with Gasteiger partial charge in [0.2, 0.25) is 5.91 Å². The molecule has 5 nitrogen and oxygen atoms in total. The van der Waals surface area contributed by atoms with E-state index in [1.165, 1.54) is 6.07 Å². The van der Waals surface area contributed by atoms with Crippen LogP contribution in [-0.2, 0) is 9.59 Å². The second-order valence-corrected chi connectivity index (χ2v) is 5.02. The third-order valence-corrected chi connectivity index (χ3v) is 3.23. The highest BCUT2D eigenvalue weighted by atomic mass is 19.2. The van der Waals surface area contributed by atoms with Crippen LogP contribution < -0.4 is 5.32 Å². The zero-order chi connectivity index (χ0) is 15.4. The van der Waals surface area contributed by atoms with Crippen molar-refractivity contribution < 1.29 is 23.5 Å². The van der Waals surface area contributed by atoms with Crippen LogP contribution in [0.5, 0.6) is 0 Å². The average molecular weight is 298 g/mol. The number of nitrogens with one attached hydrogen (secondary N) is 1.